The van der Waals surface area contributed by atoms with E-state index in [-0.39, 0.29) is 18.4 Å². The first-order chi connectivity index (χ1) is 9.10. The maximum Gasteiger partial charge on any atom is 0.305 e. The predicted octanol–water partition coefficient (Wildman–Crippen LogP) is 2.23. The minimum atomic E-state index is -0.862. The third kappa shape index (κ3) is 3.81. The fourth-order valence-electron chi connectivity index (χ4n) is 2.17. The molecule has 0 bridgehead atoms. The number of carbonyl (C=O) groups excluding carboxylic acids is 1. The van der Waals surface area contributed by atoms with Gasteiger partial charge in [0.05, 0.1) is 6.42 Å². The summed E-state index contributed by atoms with van der Waals surface area (Å²) in [6.07, 6.45) is 2.95. The second-order valence-corrected chi connectivity index (χ2v) is 5.07. The molecule has 4 nitrogen and oxygen atoms in total. The number of carboxylic acids is 1. The molecule has 4 heteroatoms. The summed E-state index contributed by atoms with van der Waals surface area (Å²) >= 11 is 0. The Balaban J connectivity index is 1.99. The average Bonchev–Trinajstić information content (AvgIpc) is 3.21. The second-order valence-electron chi connectivity index (χ2n) is 5.07. The Bertz CT molecular complexity index is 463. The van der Waals surface area contributed by atoms with Crippen LogP contribution in [0.4, 0.5) is 0 Å². The van der Waals surface area contributed by atoms with Crippen molar-refractivity contribution in [3.63, 3.8) is 0 Å². The van der Waals surface area contributed by atoms with Crippen LogP contribution in [-0.4, -0.2) is 23.0 Å². The highest BCUT2D eigenvalue weighted by molar-refractivity contribution is 5.94. The third-order valence-electron chi connectivity index (χ3n) is 3.53. The van der Waals surface area contributed by atoms with Crippen LogP contribution in [0, 0.1) is 5.92 Å². The summed E-state index contributed by atoms with van der Waals surface area (Å²) in [7, 11) is 0. The molecule has 0 aliphatic heterocycles. The van der Waals surface area contributed by atoms with E-state index in [4.69, 9.17) is 5.11 Å². The molecule has 0 heterocycles. The van der Waals surface area contributed by atoms with Crippen LogP contribution in [0.25, 0.3) is 0 Å². The van der Waals surface area contributed by atoms with Crippen molar-refractivity contribution in [2.45, 2.75) is 38.6 Å². The number of aliphatic carboxylic acids is 1. The maximum absolute atomic E-state index is 12.1. The Morgan fingerprint density at radius 2 is 1.95 bits per heavy atom. The summed E-state index contributed by atoms with van der Waals surface area (Å²) in [5, 5.41) is 11.7. The van der Waals surface area contributed by atoms with E-state index in [1.165, 1.54) is 5.56 Å². The van der Waals surface area contributed by atoms with Crippen molar-refractivity contribution in [3.05, 3.63) is 35.4 Å². The minimum Gasteiger partial charge on any atom is -0.481 e. The lowest BCUT2D eigenvalue weighted by Gasteiger charge is -2.16. The van der Waals surface area contributed by atoms with Crippen molar-refractivity contribution in [3.8, 4) is 0 Å². The molecule has 2 N–H and O–H groups in total. The van der Waals surface area contributed by atoms with Crippen LogP contribution in [0.3, 0.4) is 0 Å². The Hall–Kier alpha value is -1.84. The highest BCUT2D eigenvalue weighted by atomic mass is 16.4. The van der Waals surface area contributed by atoms with E-state index >= 15 is 0 Å². The van der Waals surface area contributed by atoms with E-state index in [1.54, 1.807) is 12.1 Å². The number of carbonyl (C=O) groups is 2. The summed E-state index contributed by atoms with van der Waals surface area (Å²) in [5.41, 5.74) is 1.77. The number of aryl methyl sites for hydroxylation is 1. The van der Waals surface area contributed by atoms with Crippen LogP contribution in [0.5, 0.6) is 0 Å². The predicted molar refractivity (Wildman–Crippen MR) is 72.1 cm³/mol. The van der Waals surface area contributed by atoms with Gasteiger partial charge in [0, 0.05) is 11.6 Å². The van der Waals surface area contributed by atoms with Gasteiger partial charge in [-0.2, -0.15) is 0 Å². The molecule has 1 aromatic carbocycles. The minimum absolute atomic E-state index is 0.00342. The zero-order chi connectivity index (χ0) is 13.8. The first-order valence-corrected chi connectivity index (χ1v) is 6.71. The molecule has 1 aliphatic rings. The molecule has 102 valence electrons. The smallest absolute Gasteiger partial charge is 0.305 e. The fraction of sp³-hybridized carbons (Fsp3) is 0.467. The lowest BCUT2D eigenvalue weighted by Crippen LogP contribution is -2.38. The molecule has 1 saturated carbocycles. The lowest BCUT2D eigenvalue weighted by atomic mass is 10.1. The van der Waals surface area contributed by atoms with Crippen molar-refractivity contribution < 1.29 is 14.7 Å². The molecule has 1 unspecified atom stereocenters. The van der Waals surface area contributed by atoms with Crippen molar-refractivity contribution >= 4 is 11.9 Å². The van der Waals surface area contributed by atoms with Gasteiger partial charge in [0.25, 0.3) is 5.91 Å². The van der Waals surface area contributed by atoms with Gasteiger partial charge < -0.3 is 10.4 Å². The van der Waals surface area contributed by atoms with Gasteiger partial charge in [-0.3, -0.25) is 9.59 Å². The second kappa shape index (κ2) is 5.87. The normalized spacial score (nSPS) is 15.8. The Morgan fingerprint density at radius 3 is 2.42 bits per heavy atom. The van der Waals surface area contributed by atoms with Crippen LogP contribution >= 0.6 is 0 Å². The molecule has 1 fully saturated rings. The monoisotopic (exact) mass is 261 g/mol. The molecule has 0 aromatic heterocycles. The Labute approximate surface area is 112 Å². The van der Waals surface area contributed by atoms with Gasteiger partial charge in [-0.1, -0.05) is 19.1 Å². The van der Waals surface area contributed by atoms with E-state index in [2.05, 4.69) is 12.2 Å². The molecule has 1 aliphatic carbocycles. The molecule has 1 amide bonds. The van der Waals surface area contributed by atoms with Gasteiger partial charge in [0.1, 0.15) is 0 Å². The van der Waals surface area contributed by atoms with Crippen molar-refractivity contribution in [1.82, 2.24) is 5.32 Å². The van der Waals surface area contributed by atoms with Crippen LogP contribution in [0.2, 0.25) is 0 Å². The zero-order valence-corrected chi connectivity index (χ0v) is 11.1. The Morgan fingerprint density at radius 1 is 1.32 bits per heavy atom. The molecule has 19 heavy (non-hydrogen) atoms. The number of hydrogen-bond acceptors (Lipinski definition) is 2. The Kier molecular flexibility index (Phi) is 4.20. The van der Waals surface area contributed by atoms with Crippen LogP contribution in [0.15, 0.2) is 24.3 Å². The van der Waals surface area contributed by atoms with Gasteiger partial charge in [-0.15, -0.1) is 0 Å². The summed E-state index contributed by atoms with van der Waals surface area (Å²) in [6, 6.07) is 7.20. The molecular weight excluding hydrogens is 242 g/mol. The number of amides is 1. The van der Waals surface area contributed by atoms with E-state index in [0.717, 1.165) is 19.3 Å². The van der Waals surface area contributed by atoms with E-state index in [1.807, 2.05) is 12.1 Å². The maximum atomic E-state index is 12.1. The average molecular weight is 261 g/mol. The molecule has 2 rings (SSSR count). The van der Waals surface area contributed by atoms with Gasteiger partial charge in [-0.25, -0.2) is 0 Å². The van der Waals surface area contributed by atoms with Crippen molar-refractivity contribution in [1.29, 1.82) is 0 Å². The SMILES string of the molecule is CCc1ccc(C(=O)NC(CC(=O)O)C2CC2)cc1. The largest absolute Gasteiger partial charge is 0.481 e. The third-order valence-corrected chi connectivity index (χ3v) is 3.53. The standard InChI is InChI=1S/C15H19NO3/c1-2-10-3-5-12(6-4-10)15(19)16-13(9-14(17)18)11-7-8-11/h3-6,11,13H,2,7-9H2,1H3,(H,16,19)(H,17,18). The van der Waals surface area contributed by atoms with E-state index in [0.29, 0.717) is 11.5 Å². The summed E-state index contributed by atoms with van der Waals surface area (Å²) in [6.45, 7) is 2.06. The molecule has 1 atom stereocenters. The highest BCUT2D eigenvalue weighted by Crippen LogP contribution is 2.34. The molecular formula is C15H19NO3. The van der Waals surface area contributed by atoms with E-state index in [9.17, 15) is 9.59 Å². The number of rotatable bonds is 6. The number of hydrogen-bond donors (Lipinski definition) is 2. The number of carboxylic acid groups (broad SMARTS) is 1. The summed E-state index contributed by atoms with van der Waals surface area (Å²) < 4.78 is 0. The summed E-state index contributed by atoms with van der Waals surface area (Å²) in [4.78, 5) is 22.9. The van der Waals surface area contributed by atoms with Crippen molar-refractivity contribution in [2.75, 3.05) is 0 Å². The summed E-state index contributed by atoms with van der Waals surface area (Å²) in [5.74, 6) is -0.714. The van der Waals surface area contributed by atoms with Crippen LogP contribution < -0.4 is 5.32 Å². The van der Waals surface area contributed by atoms with E-state index < -0.39 is 5.97 Å². The highest BCUT2D eigenvalue weighted by Gasteiger charge is 2.33. The molecule has 1 aromatic rings. The zero-order valence-electron chi connectivity index (χ0n) is 11.1. The van der Waals surface area contributed by atoms with Crippen LogP contribution in [-0.2, 0) is 11.2 Å². The molecule has 0 saturated heterocycles. The topological polar surface area (TPSA) is 66.4 Å². The van der Waals surface area contributed by atoms with Gasteiger partial charge in [0.15, 0.2) is 0 Å². The van der Waals surface area contributed by atoms with Gasteiger partial charge in [0.2, 0.25) is 0 Å². The van der Waals surface area contributed by atoms with Crippen molar-refractivity contribution in [2.24, 2.45) is 5.92 Å². The molecule has 0 radical (unpaired) electrons. The quantitative estimate of drug-likeness (QED) is 0.825. The first kappa shape index (κ1) is 13.6. The number of nitrogens with one attached hydrogen (secondary N) is 1. The first-order valence-electron chi connectivity index (χ1n) is 6.71. The fourth-order valence-corrected chi connectivity index (χ4v) is 2.17. The lowest BCUT2D eigenvalue weighted by molar-refractivity contribution is -0.137. The van der Waals surface area contributed by atoms with Gasteiger partial charge in [-0.05, 0) is 42.9 Å². The number of benzene rings is 1. The van der Waals surface area contributed by atoms with Gasteiger partial charge >= 0.3 is 5.97 Å². The molecule has 0 spiro atoms. The van der Waals surface area contributed by atoms with Crippen LogP contribution in [0.1, 0.15) is 42.1 Å².